The zero-order valence-corrected chi connectivity index (χ0v) is 9.93. The van der Waals surface area contributed by atoms with Gasteiger partial charge in [0.15, 0.2) is 5.75 Å². The third kappa shape index (κ3) is 3.92. The Morgan fingerprint density at radius 3 is 2.82 bits per heavy atom. The summed E-state index contributed by atoms with van der Waals surface area (Å²) in [5.74, 6) is 0.714. The van der Waals surface area contributed by atoms with E-state index in [2.05, 4.69) is 5.32 Å². The Morgan fingerprint density at radius 2 is 2.24 bits per heavy atom. The predicted molar refractivity (Wildman–Crippen MR) is 63.7 cm³/mol. The van der Waals surface area contributed by atoms with E-state index in [0.29, 0.717) is 12.4 Å². The second kappa shape index (κ2) is 6.70. The second-order valence-corrected chi connectivity index (χ2v) is 3.40. The summed E-state index contributed by atoms with van der Waals surface area (Å²) < 4.78 is 10.3. The van der Waals surface area contributed by atoms with Crippen molar-refractivity contribution in [3.05, 3.63) is 28.3 Å². The lowest BCUT2D eigenvalue weighted by molar-refractivity contribution is -0.385. The average Bonchev–Trinajstić information content (AvgIpc) is 2.34. The summed E-state index contributed by atoms with van der Waals surface area (Å²) in [5.41, 5.74) is -0.0846. The van der Waals surface area contributed by atoms with Crippen LogP contribution in [0.4, 0.5) is 5.69 Å². The lowest BCUT2D eigenvalue weighted by Crippen LogP contribution is -2.11. The topological polar surface area (TPSA) is 73.6 Å². The standard InChI is InChI=1S/C11H16N2O4/c1-12-6-3-7-17-9-4-5-11(16-2)10(8-9)13(14)15/h4-5,8,12H,3,6-7H2,1-2H3. The first-order valence-electron chi connectivity index (χ1n) is 5.29. The van der Waals surface area contributed by atoms with Gasteiger partial charge in [0, 0.05) is 0 Å². The minimum Gasteiger partial charge on any atom is -0.493 e. The zero-order valence-electron chi connectivity index (χ0n) is 9.93. The maximum absolute atomic E-state index is 10.8. The molecule has 0 radical (unpaired) electrons. The van der Waals surface area contributed by atoms with Crippen molar-refractivity contribution in [3.63, 3.8) is 0 Å². The molecule has 1 rings (SSSR count). The summed E-state index contributed by atoms with van der Waals surface area (Å²) in [6.45, 7) is 1.36. The molecule has 0 aliphatic carbocycles. The van der Waals surface area contributed by atoms with Crippen molar-refractivity contribution in [2.75, 3.05) is 27.3 Å². The van der Waals surface area contributed by atoms with E-state index in [-0.39, 0.29) is 11.4 Å². The molecule has 6 heteroatoms. The molecule has 0 aromatic heterocycles. The summed E-state index contributed by atoms with van der Waals surface area (Å²) >= 11 is 0. The molecule has 0 aliphatic rings. The number of methoxy groups -OCH3 is 1. The van der Waals surface area contributed by atoms with Gasteiger partial charge in [-0.3, -0.25) is 10.1 Å². The molecule has 0 saturated carbocycles. The van der Waals surface area contributed by atoms with Gasteiger partial charge in [-0.2, -0.15) is 0 Å². The van der Waals surface area contributed by atoms with Crippen molar-refractivity contribution in [3.8, 4) is 11.5 Å². The summed E-state index contributed by atoms with van der Waals surface area (Å²) in [6.07, 6.45) is 0.844. The normalized spacial score (nSPS) is 10.0. The first-order valence-corrected chi connectivity index (χ1v) is 5.29. The van der Waals surface area contributed by atoms with Gasteiger partial charge in [0.2, 0.25) is 0 Å². The first kappa shape index (κ1) is 13.2. The molecule has 1 N–H and O–H groups in total. The fourth-order valence-electron chi connectivity index (χ4n) is 1.34. The highest BCUT2D eigenvalue weighted by atomic mass is 16.6. The molecule has 0 unspecified atom stereocenters. The Balaban J connectivity index is 2.68. The molecule has 0 amide bonds. The molecule has 0 saturated heterocycles. The first-order chi connectivity index (χ1) is 8.19. The summed E-state index contributed by atoms with van der Waals surface area (Å²) in [5, 5.41) is 13.8. The van der Waals surface area contributed by atoms with Crippen molar-refractivity contribution in [1.82, 2.24) is 5.32 Å². The number of nitro benzene ring substituents is 1. The number of nitrogens with zero attached hydrogens (tertiary/aromatic N) is 1. The van der Waals surface area contributed by atoms with Crippen LogP contribution < -0.4 is 14.8 Å². The van der Waals surface area contributed by atoms with Crippen LogP contribution >= 0.6 is 0 Å². The number of hydrogen-bond donors (Lipinski definition) is 1. The lowest BCUT2D eigenvalue weighted by atomic mass is 10.3. The molecular weight excluding hydrogens is 224 g/mol. The van der Waals surface area contributed by atoms with Crippen LogP contribution in [0, 0.1) is 10.1 Å². The van der Waals surface area contributed by atoms with Gasteiger partial charge in [0.25, 0.3) is 0 Å². The van der Waals surface area contributed by atoms with Gasteiger partial charge in [-0.05, 0) is 32.1 Å². The van der Waals surface area contributed by atoms with Crippen LogP contribution in [0.15, 0.2) is 18.2 Å². The lowest BCUT2D eigenvalue weighted by Gasteiger charge is -2.07. The predicted octanol–water partition coefficient (Wildman–Crippen LogP) is 1.59. The fourth-order valence-corrected chi connectivity index (χ4v) is 1.34. The van der Waals surface area contributed by atoms with Gasteiger partial charge in [-0.25, -0.2) is 0 Å². The molecule has 0 atom stereocenters. The van der Waals surface area contributed by atoms with Gasteiger partial charge in [0.1, 0.15) is 5.75 Å². The second-order valence-electron chi connectivity index (χ2n) is 3.40. The highest BCUT2D eigenvalue weighted by Gasteiger charge is 2.15. The maximum Gasteiger partial charge on any atom is 0.314 e. The van der Waals surface area contributed by atoms with E-state index in [1.54, 1.807) is 6.07 Å². The van der Waals surface area contributed by atoms with Crippen LogP contribution in [0.25, 0.3) is 0 Å². The van der Waals surface area contributed by atoms with E-state index in [0.717, 1.165) is 13.0 Å². The van der Waals surface area contributed by atoms with Gasteiger partial charge < -0.3 is 14.8 Å². The minimum atomic E-state index is -0.487. The van der Waals surface area contributed by atoms with Gasteiger partial charge >= 0.3 is 5.69 Å². The smallest absolute Gasteiger partial charge is 0.314 e. The van der Waals surface area contributed by atoms with Crippen LogP contribution in [0.5, 0.6) is 11.5 Å². The Labute approximate surface area is 99.7 Å². The van der Waals surface area contributed by atoms with Crippen LogP contribution in [0.1, 0.15) is 6.42 Å². The number of hydrogen-bond acceptors (Lipinski definition) is 5. The number of nitrogens with one attached hydrogen (secondary N) is 1. The molecule has 0 aliphatic heterocycles. The SMILES string of the molecule is CNCCCOc1ccc(OC)c([N+](=O)[O-])c1. The molecule has 6 nitrogen and oxygen atoms in total. The Kier molecular flexibility index (Phi) is 5.22. The minimum absolute atomic E-state index is 0.0846. The molecule has 0 bridgehead atoms. The van der Waals surface area contributed by atoms with Crippen LogP contribution in [-0.4, -0.2) is 32.2 Å². The van der Waals surface area contributed by atoms with Gasteiger partial charge in [0.05, 0.1) is 24.7 Å². The van der Waals surface area contributed by atoms with Gasteiger partial charge in [-0.1, -0.05) is 0 Å². The molecular formula is C11H16N2O4. The van der Waals surface area contributed by atoms with E-state index in [1.165, 1.54) is 19.2 Å². The average molecular weight is 240 g/mol. The quantitative estimate of drug-likeness (QED) is 0.445. The van der Waals surface area contributed by atoms with Crippen molar-refractivity contribution in [1.29, 1.82) is 0 Å². The summed E-state index contributed by atoms with van der Waals surface area (Å²) in [4.78, 5) is 10.3. The van der Waals surface area contributed by atoms with Crippen molar-refractivity contribution < 1.29 is 14.4 Å². The highest BCUT2D eigenvalue weighted by Crippen LogP contribution is 2.30. The number of ether oxygens (including phenoxy) is 2. The molecule has 1 aromatic carbocycles. The Bertz CT molecular complexity index is 382. The van der Waals surface area contributed by atoms with Gasteiger partial charge in [-0.15, -0.1) is 0 Å². The van der Waals surface area contributed by atoms with E-state index >= 15 is 0 Å². The van der Waals surface area contributed by atoms with E-state index < -0.39 is 4.92 Å². The highest BCUT2D eigenvalue weighted by molar-refractivity contribution is 5.50. The summed E-state index contributed by atoms with van der Waals surface area (Å²) in [7, 11) is 3.26. The van der Waals surface area contributed by atoms with Crippen molar-refractivity contribution >= 4 is 5.69 Å². The van der Waals surface area contributed by atoms with E-state index in [4.69, 9.17) is 9.47 Å². The number of benzene rings is 1. The largest absolute Gasteiger partial charge is 0.493 e. The maximum atomic E-state index is 10.8. The van der Waals surface area contributed by atoms with Crippen molar-refractivity contribution in [2.24, 2.45) is 0 Å². The van der Waals surface area contributed by atoms with Crippen molar-refractivity contribution in [2.45, 2.75) is 6.42 Å². The third-order valence-electron chi connectivity index (χ3n) is 2.19. The molecule has 0 spiro atoms. The molecule has 17 heavy (non-hydrogen) atoms. The molecule has 1 aromatic rings. The summed E-state index contributed by atoms with van der Waals surface area (Å²) in [6, 6.07) is 4.56. The van der Waals surface area contributed by atoms with E-state index in [1.807, 2.05) is 7.05 Å². The molecule has 0 heterocycles. The Morgan fingerprint density at radius 1 is 1.47 bits per heavy atom. The molecule has 0 fully saturated rings. The zero-order chi connectivity index (χ0) is 12.7. The van der Waals surface area contributed by atoms with Crippen LogP contribution in [-0.2, 0) is 0 Å². The molecule has 94 valence electrons. The third-order valence-corrected chi connectivity index (χ3v) is 2.19. The monoisotopic (exact) mass is 240 g/mol. The van der Waals surface area contributed by atoms with Crippen LogP contribution in [0.2, 0.25) is 0 Å². The van der Waals surface area contributed by atoms with E-state index in [9.17, 15) is 10.1 Å². The van der Waals surface area contributed by atoms with Crippen LogP contribution in [0.3, 0.4) is 0 Å². The number of nitro groups is 1. The Hall–Kier alpha value is -1.82. The number of rotatable bonds is 7. The fraction of sp³-hybridized carbons (Fsp3) is 0.455.